The average Bonchev–Trinajstić information content (AvgIpc) is 2.66. The number of hydrogen-bond donors (Lipinski definition) is 0. The quantitative estimate of drug-likeness (QED) is 0.738. The van der Waals surface area contributed by atoms with E-state index in [1.54, 1.807) is 12.4 Å². The molecular weight excluding hydrogens is 310 g/mol. The summed E-state index contributed by atoms with van der Waals surface area (Å²) in [7, 11) is 0. The number of aryl methyl sites for hydroxylation is 1. The Morgan fingerprint density at radius 1 is 1.08 bits per heavy atom. The van der Waals surface area contributed by atoms with Crippen molar-refractivity contribution in [3.05, 3.63) is 71.1 Å². The highest BCUT2D eigenvalue weighted by Crippen LogP contribution is 2.23. The van der Waals surface area contributed by atoms with Crippen molar-refractivity contribution in [2.45, 2.75) is 33.4 Å². The van der Waals surface area contributed by atoms with E-state index in [1.165, 1.54) is 28.6 Å². The van der Waals surface area contributed by atoms with Crippen LogP contribution in [0.1, 0.15) is 27.9 Å². The molecule has 5 heteroatoms. The Labute approximate surface area is 147 Å². The molecule has 0 amide bonds. The Morgan fingerprint density at radius 2 is 1.92 bits per heavy atom. The summed E-state index contributed by atoms with van der Waals surface area (Å²) in [6.45, 7) is 7.27. The molecule has 25 heavy (non-hydrogen) atoms. The van der Waals surface area contributed by atoms with Crippen molar-refractivity contribution in [1.82, 2.24) is 24.8 Å². The van der Waals surface area contributed by atoms with Gasteiger partial charge in [-0.25, -0.2) is 19.9 Å². The predicted molar refractivity (Wildman–Crippen MR) is 96.8 cm³/mol. The molecule has 2 aromatic heterocycles. The molecule has 0 unspecified atom stereocenters. The molecule has 0 fully saturated rings. The zero-order chi connectivity index (χ0) is 17.2. The zero-order valence-electron chi connectivity index (χ0n) is 14.6. The SMILES string of the molecule is Cc1cccc(CN2CCc3nc(-c4cncnc4)ncc3C2)c1C. The number of benzene rings is 1. The fourth-order valence-electron chi connectivity index (χ4n) is 3.29. The van der Waals surface area contributed by atoms with E-state index in [2.05, 4.69) is 51.9 Å². The summed E-state index contributed by atoms with van der Waals surface area (Å²) in [5.74, 6) is 0.710. The second kappa shape index (κ2) is 6.69. The van der Waals surface area contributed by atoms with Gasteiger partial charge in [0.2, 0.25) is 0 Å². The van der Waals surface area contributed by atoms with Crippen LogP contribution in [-0.4, -0.2) is 31.4 Å². The van der Waals surface area contributed by atoms with Gasteiger partial charge in [-0.3, -0.25) is 4.90 Å². The van der Waals surface area contributed by atoms with Gasteiger partial charge >= 0.3 is 0 Å². The van der Waals surface area contributed by atoms with Crippen LogP contribution in [0.5, 0.6) is 0 Å². The molecule has 126 valence electrons. The molecule has 0 saturated carbocycles. The molecule has 4 rings (SSSR count). The lowest BCUT2D eigenvalue weighted by atomic mass is 10.0. The first-order valence-electron chi connectivity index (χ1n) is 8.58. The fraction of sp³-hybridized carbons (Fsp3) is 0.300. The van der Waals surface area contributed by atoms with Gasteiger partial charge in [0.25, 0.3) is 0 Å². The van der Waals surface area contributed by atoms with E-state index in [-0.39, 0.29) is 0 Å². The highest BCUT2D eigenvalue weighted by molar-refractivity contribution is 5.52. The van der Waals surface area contributed by atoms with Gasteiger partial charge in [-0.1, -0.05) is 18.2 Å². The number of hydrogen-bond acceptors (Lipinski definition) is 5. The van der Waals surface area contributed by atoms with Crippen molar-refractivity contribution in [3.63, 3.8) is 0 Å². The molecule has 0 saturated heterocycles. The van der Waals surface area contributed by atoms with Gasteiger partial charge in [0, 0.05) is 50.2 Å². The van der Waals surface area contributed by atoms with E-state index < -0.39 is 0 Å². The normalized spacial score (nSPS) is 14.3. The minimum absolute atomic E-state index is 0.710. The van der Waals surface area contributed by atoms with Crippen molar-refractivity contribution in [2.24, 2.45) is 0 Å². The Morgan fingerprint density at radius 3 is 2.76 bits per heavy atom. The average molecular weight is 331 g/mol. The minimum Gasteiger partial charge on any atom is -0.294 e. The van der Waals surface area contributed by atoms with Crippen molar-refractivity contribution in [2.75, 3.05) is 6.54 Å². The van der Waals surface area contributed by atoms with Crippen LogP contribution in [0.4, 0.5) is 0 Å². The van der Waals surface area contributed by atoms with Crippen LogP contribution >= 0.6 is 0 Å². The first kappa shape index (κ1) is 15.8. The highest BCUT2D eigenvalue weighted by Gasteiger charge is 2.19. The maximum absolute atomic E-state index is 4.74. The monoisotopic (exact) mass is 331 g/mol. The number of fused-ring (bicyclic) bond motifs is 1. The van der Waals surface area contributed by atoms with Gasteiger partial charge < -0.3 is 0 Å². The summed E-state index contributed by atoms with van der Waals surface area (Å²) < 4.78 is 0. The van der Waals surface area contributed by atoms with E-state index >= 15 is 0 Å². The second-order valence-corrected chi connectivity index (χ2v) is 6.61. The van der Waals surface area contributed by atoms with Crippen LogP contribution in [0.15, 0.2) is 43.1 Å². The van der Waals surface area contributed by atoms with Gasteiger partial charge in [-0.05, 0) is 30.5 Å². The third-order valence-electron chi connectivity index (χ3n) is 4.94. The molecule has 3 aromatic rings. The van der Waals surface area contributed by atoms with E-state index in [4.69, 9.17) is 4.98 Å². The molecule has 0 N–H and O–H groups in total. The molecular formula is C20H21N5. The molecule has 0 aliphatic carbocycles. The van der Waals surface area contributed by atoms with Crippen LogP contribution in [0.25, 0.3) is 11.4 Å². The smallest absolute Gasteiger partial charge is 0.162 e. The van der Waals surface area contributed by atoms with Crippen molar-refractivity contribution >= 4 is 0 Å². The molecule has 5 nitrogen and oxygen atoms in total. The van der Waals surface area contributed by atoms with Crippen LogP contribution in [0.2, 0.25) is 0 Å². The summed E-state index contributed by atoms with van der Waals surface area (Å²) >= 11 is 0. The first-order chi connectivity index (χ1) is 12.2. The van der Waals surface area contributed by atoms with Crippen LogP contribution < -0.4 is 0 Å². The Bertz CT molecular complexity index is 892. The molecule has 1 aromatic carbocycles. The molecule has 0 spiro atoms. The van der Waals surface area contributed by atoms with Crippen LogP contribution in [0.3, 0.4) is 0 Å². The lowest BCUT2D eigenvalue weighted by molar-refractivity contribution is 0.242. The summed E-state index contributed by atoms with van der Waals surface area (Å²) in [6.07, 6.45) is 7.94. The standard InChI is InChI=1S/C20H21N5/c1-14-4-3-5-16(15(14)2)11-25-7-6-19-18(12-25)10-23-20(24-19)17-8-21-13-22-9-17/h3-5,8-10,13H,6-7,11-12H2,1-2H3. The van der Waals surface area contributed by atoms with Crippen LogP contribution in [0, 0.1) is 13.8 Å². The first-order valence-corrected chi connectivity index (χ1v) is 8.58. The van der Waals surface area contributed by atoms with Crippen molar-refractivity contribution < 1.29 is 0 Å². The number of nitrogens with zero attached hydrogens (tertiary/aromatic N) is 5. The van der Waals surface area contributed by atoms with E-state index in [0.29, 0.717) is 5.82 Å². The van der Waals surface area contributed by atoms with Gasteiger partial charge in [0.1, 0.15) is 6.33 Å². The summed E-state index contributed by atoms with van der Waals surface area (Å²) in [4.78, 5) is 19.8. The molecule has 0 bridgehead atoms. The molecule has 0 radical (unpaired) electrons. The van der Waals surface area contributed by atoms with E-state index in [9.17, 15) is 0 Å². The van der Waals surface area contributed by atoms with E-state index in [0.717, 1.165) is 37.3 Å². The second-order valence-electron chi connectivity index (χ2n) is 6.61. The van der Waals surface area contributed by atoms with Gasteiger partial charge in [0.05, 0.1) is 11.3 Å². The van der Waals surface area contributed by atoms with Gasteiger partial charge in [-0.2, -0.15) is 0 Å². The molecule has 1 aliphatic heterocycles. The number of aromatic nitrogens is 4. The van der Waals surface area contributed by atoms with Crippen molar-refractivity contribution in [1.29, 1.82) is 0 Å². The number of rotatable bonds is 3. The van der Waals surface area contributed by atoms with Gasteiger partial charge in [-0.15, -0.1) is 0 Å². The topological polar surface area (TPSA) is 54.8 Å². The largest absolute Gasteiger partial charge is 0.294 e. The van der Waals surface area contributed by atoms with E-state index in [1.807, 2.05) is 6.20 Å². The Kier molecular flexibility index (Phi) is 4.24. The Hall–Kier alpha value is -2.66. The molecule has 3 heterocycles. The maximum Gasteiger partial charge on any atom is 0.162 e. The Balaban J connectivity index is 1.53. The minimum atomic E-state index is 0.710. The fourth-order valence-corrected chi connectivity index (χ4v) is 3.29. The zero-order valence-corrected chi connectivity index (χ0v) is 14.6. The predicted octanol–water partition coefficient (Wildman–Crippen LogP) is 3.11. The summed E-state index contributed by atoms with van der Waals surface area (Å²) in [5, 5.41) is 0. The summed E-state index contributed by atoms with van der Waals surface area (Å²) in [5.41, 5.74) is 7.38. The lowest BCUT2D eigenvalue weighted by Crippen LogP contribution is -2.31. The third-order valence-corrected chi connectivity index (χ3v) is 4.94. The lowest BCUT2D eigenvalue weighted by Gasteiger charge is -2.28. The maximum atomic E-state index is 4.74. The third kappa shape index (κ3) is 3.28. The van der Waals surface area contributed by atoms with Crippen LogP contribution in [-0.2, 0) is 19.5 Å². The van der Waals surface area contributed by atoms with Crippen molar-refractivity contribution in [3.8, 4) is 11.4 Å². The van der Waals surface area contributed by atoms with Gasteiger partial charge in [0.15, 0.2) is 5.82 Å². The highest BCUT2D eigenvalue weighted by atomic mass is 15.1. The molecule has 0 atom stereocenters. The summed E-state index contributed by atoms with van der Waals surface area (Å²) in [6, 6.07) is 6.55. The molecule has 1 aliphatic rings.